The second-order valence-electron chi connectivity index (χ2n) is 3.96. The molecule has 0 bridgehead atoms. The molecular weight excluding hydrogens is 196 g/mol. The number of esters is 1. The summed E-state index contributed by atoms with van der Waals surface area (Å²) < 4.78 is 4.98. The molecule has 0 aromatic carbocycles. The molecule has 1 aliphatic heterocycles. The fourth-order valence-electron chi connectivity index (χ4n) is 2.10. The fraction of sp³-hybridized carbons (Fsp3) is 0.727. The van der Waals surface area contributed by atoms with Gasteiger partial charge in [0, 0.05) is 12.0 Å². The van der Waals surface area contributed by atoms with Crippen LogP contribution in [0.4, 0.5) is 0 Å². The molecule has 0 aromatic rings. The van der Waals surface area contributed by atoms with E-state index < -0.39 is 0 Å². The van der Waals surface area contributed by atoms with Crippen LogP contribution in [-0.2, 0) is 19.3 Å². The molecule has 4 heteroatoms. The highest BCUT2D eigenvalue weighted by atomic mass is 17.2. The van der Waals surface area contributed by atoms with Gasteiger partial charge in [0.2, 0.25) is 0 Å². The molecule has 1 saturated heterocycles. The molecule has 0 amide bonds. The van der Waals surface area contributed by atoms with Crippen molar-refractivity contribution in [2.45, 2.75) is 38.2 Å². The molecule has 1 aliphatic carbocycles. The summed E-state index contributed by atoms with van der Waals surface area (Å²) in [6, 6.07) is 0. The van der Waals surface area contributed by atoms with Gasteiger partial charge >= 0.3 is 5.97 Å². The van der Waals surface area contributed by atoms with Gasteiger partial charge in [0.25, 0.3) is 0 Å². The first kappa shape index (κ1) is 10.6. The SMILES string of the molecule is CCOC(=O)C1=CC2(CCC1)CCOO2. The lowest BCUT2D eigenvalue weighted by Gasteiger charge is -2.27. The number of ether oxygens (including phenoxy) is 1. The first-order valence-electron chi connectivity index (χ1n) is 5.45. The fourth-order valence-corrected chi connectivity index (χ4v) is 2.10. The molecule has 1 unspecified atom stereocenters. The molecule has 15 heavy (non-hydrogen) atoms. The number of rotatable bonds is 2. The number of carbonyl (C=O) groups excluding carboxylic acids is 1. The van der Waals surface area contributed by atoms with Crippen molar-refractivity contribution in [2.24, 2.45) is 0 Å². The van der Waals surface area contributed by atoms with E-state index in [1.54, 1.807) is 0 Å². The average Bonchev–Trinajstić information content (AvgIpc) is 2.67. The molecule has 0 aromatic heterocycles. The average molecular weight is 212 g/mol. The molecule has 0 N–H and O–H groups in total. The molecule has 1 spiro atoms. The van der Waals surface area contributed by atoms with Gasteiger partial charge in [-0.2, -0.15) is 0 Å². The van der Waals surface area contributed by atoms with Crippen LogP contribution < -0.4 is 0 Å². The molecular formula is C11H16O4. The zero-order valence-corrected chi connectivity index (χ0v) is 8.95. The van der Waals surface area contributed by atoms with Gasteiger partial charge in [0.05, 0.1) is 13.2 Å². The van der Waals surface area contributed by atoms with E-state index in [-0.39, 0.29) is 11.6 Å². The van der Waals surface area contributed by atoms with E-state index in [0.717, 1.165) is 31.3 Å². The van der Waals surface area contributed by atoms with Crippen LogP contribution in [0.1, 0.15) is 32.6 Å². The van der Waals surface area contributed by atoms with E-state index in [2.05, 4.69) is 0 Å². The molecule has 0 radical (unpaired) electrons. The van der Waals surface area contributed by atoms with E-state index in [9.17, 15) is 4.79 Å². The summed E-state index contributed by atoms with van der Waals surface area (Å²) in [6.45, 7) is 2.83. The Morgan fingerprint density at radius 3 is 3.13 bits per heavy atom. The monoisotopic (exact) mass is 212 g/mol. The maximum atomic E-state index is 11.6. The van der Waals surface area contributed by atoms with E-state index in [1.165, 1.54) is 0 Å². The zero-order chi connectivity index (χ0) is 10.7. The Labute approximate surface area is 89.1 Å². The summed E-state index contributed by atoms with van der Waals surface area (Å²) in [5.41, 5.74) is 0.369. The molecule has 84 valence electrons. The molecule has 0 saturated carbocycles. The minimum atomic E-state index is -0.361. The molecule has 2 aliphatic rings. The summed E-state index contributed by atoms with van der Waals surface area (Å²) >= 11 is 0. The summed E-state index contributed by atoms with van der Waals surface area (Å²) in [5, 5.41) is 0. The van der Waals surface area contributed by atoms with E-state index in [4.69, 9.17) is 14.5 Å². The van der Waals surface area contributed by atoms with E-state index in [1.807, 2.05) is 13.0 Å². The minimum absolute atomic E-state index is 0.216. The Morgan fingerprint density at radius 2 is 2.47 bits per heavy atom. The Kier molecular flexibility index (Phi) is 3.07. The van der Waals surface area contributed by atoms with Crippen LogP contribution in [0.5, 0.6) is 0 Å². The van der Waals surface area contributed by atoms with Crippen LogP contribution in [0, 0.1) is 0 Å². The topological polar surface area (TPSA) is 44.8 Å². The lowest BCUT2D eigenvalue weighted by atomic mass is 9.85. The van der Waals surface area contributed by atoms with E-state index in [0.29, 0.717) is 13.2 Å². The number of carbonyl (C=O) groups is 1. The largest absolute Gasteiger partial charge is 0.463 e. The van der Waals surface area contributed by atoms with Crippen molar-refractivity contribution in [1.82, 2.24) is 0 Å². The molecule has 4 nitrogen and oxygen atoms in total. The second kappa shape index (κ2) is 4.33. The maximum Gasteiger partial charge on any atom is 0.333 e. The smallest absolute Gasteiger partial charge is 0.333 e. The summed E-state index contributed by atoms with van der Waals surface area (Å²) in [6.07, 6.45) is 5.38. The van der Waals surface area contributed by atoms with Crippen LogP contribution in [0.15, 0.2) is 11.6 Å². The third-order valence-corrected chi connectivity index (χ3v) is 2.85. The molecule has 1 heterocycles. The highest BCUT2D eigenvalue weighted by molar-refractivity contribution is 5.88. The van der Waals surface area contributed by atoms with Gasteiger partial charge in [-0.05, 0) is 32.3 Å². The molecule has 2 rings (SSSR count). The van der Waals surface area contributed by atoms with Crippen LogP contribution >= 0.6 is 0 Å². The van der Waals surface area contributed by atoms with Gasteiger partial charge < -0.3 is 4.74 Å². The van der Waals surface area contributed by atoms with Crippen molar-refractivity contribution < 1.29 is 19.3 Å². The van der Waals surface area contributed by atoms with Gasteiger partial charge in [-0.25, -0.2) is 14.6 Å². The van der Waals surface area contributed by atoms with E-state index >= 15 is 0 Å². The Morgan fingerprint density at radius 1 is 1.60 bits per heavy atom. The van der Waals surface area contributed by atoms with Gasteiger partial charge in [0.15, 0.2) is 0 Å². The highest BCUT2D eigenvalue weighted by Crippen LogP contribution is 2.36. The van der Waals surface area contributed by atoms with Gasteiger partial charge in [-0.3, -0.25) is 0 Å². The Hall–Kier alpha value is -0.870. The highest BCUT2D eigenvalue weighted by Gasteiger charge is 2.38. The van der Waals surface area contributed by atoms with Gasteiger partial charge in [0.1, 0.15) is 5.60 Å². The molecule has 1 fully saturated rings. The quantitative estimate of drug-likeness (QED) is 0.516. The van der Waals surface area contributed by atoms with Gasteiger partial charge in [-0.15, -0.1) is 0 Å². The maximum absolute atomic E-state index is 11.6. The van der Waals surface area contributed by atoms with Crippen molar-refractivity contribution in [3.8, 4) is 0 Å². The standard InChI is InChI=1S/C11H16O4/c1-2-13-10(12)9-4-3-5-11(8-9)6-7-14-15-11/h8H,2-7H2,1H3. The Balaban J connectivity index is 2.11. The zero-order valence-electron chi connectivity index (χ0n) is 8.95. The first-order valence-corrected chi connectivity index (χ1v) is 5.45. The minimum Gasteiger partial charge on any atom is -0.463 e. The van der Waals surface area contributed by atoms with Crippen molar-refractivity contribution >= 4 is 5.97 Å². The van der Waals surface area contributed by atoms with Crippen LogP contribution in [0.2, 0.25) is 0 Å². The third-order valence-electron chi connectivity index (χ3n) is 2.85. The van der Waals surface area contributed by atoms with Crippen molar-refractivity contribution in [2.75, 3.05) is 13.2 Å². The van der Waals surface area contributed by atoms with Gasteiger partial charge in [-0.1, -0.05) is 0 Å². The Bertz CT molecular complexity index is 276. The van der Waals surface area contributed by atoms with Crippen molar-refractivity contribution in [3.05, 3.63) is 11.6 Å². The summed E-state index contributed by atoms with van der Waals surface area (Å²) in [7, 11) is 0. The second-order valence-corrected chi connectivity index (χ2v) is 3.96. The van der Waals surface area contributed by atoms with Crippen LogP contribution in [-0.4, -0.2) is 24.8 Å². The lowest BCUT2D eigenvalue weighted by molar-refractivity contribution is -0.298. The summed E-state index contributed by atoms with van der Waals surface area (Å²) in [5.74, 6) is -0.216. The lowest BCUT2D eigenvalue weighted by Crippen LogP contribution is -2.29. The third kappa shape index (κ3) is 2.21. The van der Waals surface area contributed by atoms with Crippen LogP contribution in [0.3, 0.4) is 0 Å². The predicted molar refractivity (Wildman–Crippen MR) is 53.0 cm³/mol. The normalized spacial score (nSPS) is 30.3. The number of hydrogen-bond acceptors (Lipinski definition) is 4. The first-order chi connectivity index (χ1) is 7.26. The van der Waals surface area contributed by atoms with Crippen molar-refractivity contribution in [3.63, 3.8) is 0 Å². The summed E-state index contributed by atoms with van der Waals surface area (Å²) in [4.78, 5) is 21.7. The molecule has 1 atom stereocenters. The predicted octanol–water partition coefficient (Wildman–Crippen LogP) is 1.75. The number of hydrogen-bond donors (Lipinski definition) is 0. The van der Waals surface area contributed by atoms with Crippen molar-refractivity contribution in [1.29, 1.82) is 0 Å². The van der Waals surface area contributed by atoms with Crippen LogP contribution in [0.25, 0.3) is 0 Å².